The van der Waals surface area contributed by atoms with Gasteiger partial charge in [-0.25, -0.2) is 0 Å². The number of halogens is 1. The fourth-order valence-corrected chi connectivity index (χ4v) is 2.96. The maximum Gasteiger partial charge on any atom is 0.276 e. The number of nitrogens with zero attached hydrogens (tertiary/aromatic N) is 5. The lowest BCUT2D eigenvalue weighted by atomic mass is 10.1. The van der Waals surface area contributed by atoms with E-state index in [-0.39, 0.29) is 5.69 Å². The fraction of sp³-hybridized carbons (Fsp3) is 0.0909. The minimum Gasteiger partial charge on any atom is -0.336 e. The molecule has 2 heterocycles. The number of aromatic nitrogens is 4. The van der Waals surface area contributed by atoms with Crippen LogP contribution in [0.2, 0.25) is 5.02 Å². The van der Waals surface area contributed by atoms with Crippen molar-refractivity contribution < 1.29 is 4.92 Å². The first-order valence-corrected chi connectivity index (χ1v) is 8.26. The average Bonchev–Trinajstić information content (AvgIpc) is 3.19. The molecular formula is C11H8ClN7O2S2. The Balaban J connectivity index is 2.00. The first kappa shape index (κ1) is 15.5. The Labute approximate surface area is 142 Å². The molecule has 9 nitrogen and oxygen atoms in total. The highest BCUT2D eigenvalue weighted by molar-refractivity contribution is 7.13. The molecule has 2 aromatic heterocycles. The molecule has 3 rings (SSSR count). The van der Waals surface area contributed by atoms with Gasteiger partial charge in [-0.1, -0.05) is 34.3 Å². The predicted octanol–water partition coefficient (Wildman–Crippen LogP) is 3.17. The zero-order valence-corrected chi connectivity index (χ0v) is 13.6. The highest BCUT2D eigenvalue weighted by Crippen LogP contribution is 2.32. The lowest BCUT2D eigenvalue weighted by molar-refractivity contribution is -0.385. The van der Waals surface area contributed by atoms with Crippen LogP contribution in [0.3, 0.4) is 0 Å². The fourth-order valence-electron chi connectivity index (χ4n) is 1.83. The molecule has 0 aliphatic heterocycles. The molecule has 0 amide bonds. The van der Waals surface area contributed by atoms with Gasteiger partial charge in [-0.05, 0) is 12.1 Å². The molecule has 0 unspecified atom stereocenters. The quantitative estimate of drug-likeness (QED) is 0.386. The molecule has 0 fully saturated rings. The second-order valence-electron chi connectivity index (χ2n) is 4.17. The molecule has 0 bridgehead atoms. The summed E-state index contributed by atoms with van der Waals surface area (Å²) in [6.07, 6.45) is -0.671. The third kappa shape index (κ3) is 3.70. The summed E-state index contributed by atoms with van der Waals surface area (Å²) in [4.78, 5) is 10.8. The van der Waals surface area contributed by atoms with E-state index in [1.54, 1.807) is 11.0 Å². The Hall–Kier alpha value is -2.37. The molecular weight excluding hydrogens is 362 g/mol. The molecule has 0 atom stereocenters. The second kappa shape index (κ2) is 6.81. The Kier molecular flexibility index (Phi) is 4.60. The van der Waals surface area contributed by atoms with E-state index in [1.807, 2.05) is 0 Å². The zero-order valence-electron chi connectivity index (χ0n) is 11.2. The molecule has 3 aromatic rings. The number of nitro benzene ring substituents is 1. The van der Waals surface area contributed by atoms with Gasteiger partial charge < -0.3 is 10.6 Å². The third-order valence-corrected chi connectivity index (χ3v) is 4.23. The monoisotopic (exact) mass is 369 g/mol. The summed E-state index contributed by atoms with van der Waals surface area (Å²) >= 11 is 8.54. The molecule has 118 valence electrons. The number of hydrogen-bond donors (Lipinski definition) is 2. The number of nitrogens with one attached hydrogen (secondary N) is 2. The molecule has 12 heteroatoms. The third-order valence-electron chi connectivity index (χ3n) is 2.75. The van der Waals surface area contributed by atoms with E-state index in [0.717, 1.165) is 0 Å². The van der Waals surface area contributed by atoms with Crippen molar-refractivity contribution >= 4 is 50.2 Å². The van der Waals surface area contributed by atoms with Gasteiger partial charge >= 0.3 is 0 Å². The average molecular weight is 370 g/mol. The van der Waals surface area contributed by atoms with E-state index in [1.165, 1.54) is 40.9 Å². The van der Waals surface area contributed by atoms with E-state index in [9.17, 15) is 10.1 Å². The summed E-state index contributed by atoms with van der Waals surface area (Å²) in [5.74, 6) is 0. The van der Waals surface area contributed by atoms with Crippen molar-refractivity contribution in [3.63, 3.8) is 0 Å². The minimum absolute atomic E-state index is 0.0755. The first-order valence-electron chi connectivity index (χ1n) is 6.13. The predicted molar refractivity (Wildman–Crippen MR) is 87.9 cm³/mol. The molecule has 2 N–H and O–H groups in total. The van der Waals surface area contributed by atoms with E-state index in [4.69, 9.17) is 11.6 Å². The van der Waals surface area contributed by atoms with Gasteiger partial charge in [0.25, 0.3) is 5.69 Å². The van der Waals surface area contributed by atoms with Crippen LogP contribution in [0.5, 0.6) is 0 Å². The van der Waals surface area contributed by atoms with Crippen LogP contribution in [0.4, 0.5) is 16.0 Å². The molecule has 0 radical (unpaired) electrons. The Bertz CT molecular complexity index is 761. The summed E-state index contributed by atoms with van der Waals surface area (Å²) in [5, 5.41) is 34.0. The lowest BCUT2D eigenvalue weighted by Gasteiger charge is -2.19. The first-order chi connectivity index (χ1) is 11.1. The van der Waals surface area contributed by atoms with Crippen molar-refractivity contribution in [1.29, 1.82) is 0 Å². The van der Waals surface area contributed by atoms with Crippen molar-refractivity contribution in [2.45, 2.75) is 6.17 Å². The van der Waals surface area contributed by atoms with Crippen molar-refractivity contribution in [3.8, 4) is 0 Å². The van der Waals surface area contributed by atoms with E-state index in [2.05, 4.69) is 31.0 Å². The second-order valence-corrected chi connectivity index (χ2v) is 6.27. The number of rotatable bonds is 6. The smallest absolute Gasteiger partial charge is 0.276 e. The van der Waals surface area contributed by atoms with Crippen molar-refractivity contribution in [1.82, 2.24) is 20.4 Å². The molecule has 0 saturated heterocycles. The summed E-state index contributed by atoms with van der Waals surface area (Å²) in [5.41, 5.74) is 3.38. The summed E-state index contributed by atoms with van der Waals surface area (Å²) in [6, 6.07) is 4.34. The van der Waals surface area contributed by atoms with E-state index in [0.29, 0.717) is 20.8 Å². The molecule has 0 spiro atoms. The van der Waals surface area contributed by atoms with Gasteiger partial charge in [0.2, 0.25) is 10.3 Å². The van der Waals surface area contributed by atoms with Gasteiger partial charge in [-0.3, -0.25) is 10.1 Å². The van der Waals surface area contributed by atoms with Gasteiger partial charge in [0.05, 0.1) is 10.5 Å². The molecule has 0 aliphatic carbocycles. The van der Waals surface area contributed by atoms with Gasteiger partial charge in [-0.2, -0.15) is 0 Å². The van der Waals surface area contributed by atoms with Crippen LogP contribution in [0.25, 0.3) is 0 Å². The highest BCUT2D eigenvalue weighted by atomic mass is 35.5. The van der Waals surface area contributed by atoms with Crippen LogP contribution in [0.15, 0.2) is 29.2 Å². The standard InChI is InChI=1S/C11H8ClN7O2S2/c12-6-1-2-8(19(20)21)7(3-6)9(15-10-17-13-4-22-10)16-11-18-14-5-23-11/h1-5,9H,(H,15,17)(H,16,18). The maximum atomic E-state index is 11.3. The van der Waals surface area contributed by atoms with Gasteiger partial charge in [0.1, 0.15) is 17.2 Å². The SMILES string of the molecule is O=[N+]([O-])c1ccc(Cl)cc1C(Nc1nncs1)Nc1nncs1. The Morgan fingerprint density at radius 3 is 2.22 bits per heavy atom. The number of nitro groups is 1. The van der Waals surface area contributed by atoms with Crippen LogP contribution in [0, 0.1) is 10.1 Å². The Morgan fingerprint density at radius 2 is 1.74 bits per heavy atom. The molecule has 23 heavy (non-hydrogen) atoms. The van der Waals surface area contributed by atoms with E-state index < -0.39 is 11.1 Å². The van der Waals surface area contributed by atoms with Crippen LogP contribution in [-0.2, 0) is 0 Å². The van der Waals surface area contributed by atoms with Gasteiger partial charge in [0, 0.05) is 11.1 Å². The molecule has 0 aliphatic rings. The minimum atomic E-state index is -0.671. The largest absolute Gasteiger partial charge is 0.336 e. The number of hydrogen-bond acceptors (Lipinski definition) is 10. The maximum absolute atomic E-state index is 11.3. The lowest BCUT2D eigenvalue weighted by Crippen LogP contribution is -2.21. The van der Waals surface area contributed by atoms with Crippen LogP contribution < -0.4 is 10.6 Å². The summed E-state index contributed by atoms with van der Waals surface area (Å²) in [6.45, 7) is 0. The van der Waals surface area contributed by atoms with Gasteiger partial charge in [0.15, 0.2) is 0 Å². The van der Waals surface area contributed by atoms with Crippen LogP contribution in [-0.4, -0.2) is 25.3 Å². The molecule has 1 aromatic carbocycles. The summed E-state index contributed by atoms with van der Waals surface area (Å²) in [7, 11) is 0. The topological polar surface area (TPSA) is 119 Å². The Morgan fingerprint density at radius 1 is 1.13 bits per heavy atom. The molecule has 0 saturated carbocycles. The zero-order chi connectivity index (χ0) is 16.2. The van der Waals surface area contributed by atoms with Crippen molar-refractivity contribution in [2.75, 3.05) is 10.6 Å². The van der Waals surface area contributed by atoms with Crippen LogP contribution in [0.1, 0.15) is 11.7 Å². The van der Waals surface area contributed by atoms with Crippen LogP contribution >= 0.6 is 34.3 Å². The van der Waals surface area contributed by atoms with Crippen molar-refractivity contribution in [2.24, 2.45) is 0 Å². The van der Waals surface area contributed by atoms with Gasteiger partial charge in [-0.15, -0.1) is 20.4 Å². The summed E-state index contributed by atoms with van der Waals surface area (Å²) < 4.78 is 0. The van der Waals surface area contributed by atoms with E-state index >= 15 is 0 Å². The normalized spacial score (nSPS) is 10.7. The highest BCUT2D eigenvalue weighted by Gasteiger charge is 2.24. The van der Waals surface area contributed by atoms with Crippen molar-refractivity contribution in [3.05, 3.63) is 49.9 Å². The number of anilines is 2. The number of benzene rings is 1.